The van der Waals surface area contributed by atoms with Crippen LogP contribution in [0.25, 0.3) is 0 Å². The zero-order chi connectivity index (χ0) is 28.5. The van der Waals surface area contributed by atoms with Gasteiger partial charge in [-0.3, -0.25) is 24.7 Å². The SMILES string of the molecule is O=C(O)c1ccccc1N=CC12c3ccccc3C(c3ccccc31)[C@H]1C(=O)N(c3ccccc3[N+](=O)[O-])C(=O)[C@@H]12. The summed E-state index contributed by atoms with van der Waals surface area (Å²) in [5.74, 6) is -4.44. The van der Waals surface area contributed by atoms with Gasteiger partial charge in [0.05, 0.1) is 33.4 Å². The number of carboxylic acids is 1. The van der Waals surface area contributed by atoms with Crippen molar-refractivity contribution < 1.29 is 24.4 Å². The van der Waals surface area contributed by atoms with Crippen molar-refractivity contribution in [3.8, 4) is 0 Å². The van der Waals surface area contributed by atoms with Crippen molar-refractivity contribution in [3.63, 3.8) is 0 Å². The van der Waals surface area contributed by atoms with Crippen LogP contribution in [0, 0.1) is 22.0 Å². The average molecular weight is 544 g/mol. The summed E-state index contributed by atoms with van der Waals surface area (Å²) in [7, 11) is 0. The number of amides is 2. The predicted octanol–water partition coefficient (Wildman–Crippen LogP) is 5.25. The number of carboxylic acid groups (broad SMARTS) is 1. The normalized spacial score (nSPS) is 23.8. The number of nitro benzene ring substituents is 1. The van der Waals surface area contributed by atoms with Crippen LogP contribution in [-0.4, -0.2) is 34.0 Å². The van der Waals surface area contributed by atoms with Crippen LogP contribution in [0.2, 0.25) is 0 Å². The van der Waals surface area contributed by atoms with E-state index in [0.717, 1.165) is 27.2 Å². The van der Waals surface area contributed by atoms with Gasteiger partial charge in [-0.15, -0.1) is 0 Å². The van der Waals surface area contributed by atoms with Gasteiger partial charge in [-0.05, 0) is 40.5 Å². The molecule has 1 aliphatic heterocycles. The van der Waals surface area contributed by atoms with Gasteiger partial charge in [-0.25, -0.2) is 9.69 Å². The van der Waals surface area contributed by atoms with E-state index in [1.807, 2.05) is 48.5 Å². The molecule has 4 aliphatic rings. The summed E-state index contributed by atoms with van der Waals surface area (Å²) in [5.41, 5.74) is 1.90. The van der Waals surface area contributed by atoms with Crippen molar-refractivity contribution in [2.24, 2.45) is 16.8 Å². The van der Waals surface area contributed by atoms with Crippen LogP contribution in [0.15, 0.2) is 102 Å². The summed E-state index contributed by atoms with van der Waals surface area (Å²) in [6.45, 7) is 0. The van der Waals surface area contributed by atoms with E-state index in [9.17, 15) is 29.6 Å². The Labute approximate surface area is 233 Å². The Morgan fingerprint density at radius 2 is 1.44 bits per heavy atom. The number of benzene rings is 4. The molecule has 1 fully saturated rings. The van der Waals surface area contributed by atoms with Gasteiger partial charge in [-0.1, -0.05) is 72.8 Å². The molecule has 2 atom stereocenters. The molecular weight excluding hydrogens is 522 g/mol. The van der Waals surface area contributed by atoms with Gasteiger partial charge < -0.3 is 5.11 Å². The van der Waals surface area contributed by atoms with Crippen LogP contribution in [0.4, 0.5) is 17.1 Å². The first-order valence-corrected chi connectivity index (χ1v) is 13.0. The van der Waals surface area contributed by atoms with Crippen molar-refractivity contribution >= 4 is 41.1 Å². The van der Waals surface area contributed by atoms with Gasteiger partial charge >= 0.3 is 5.97 Å². The summed E-state index contributed by atoms with van der Waals surface area (Å²) in [4.78, 5) is 57.6. The van der Waals surface area contributed by atoms with Gasteiger partial charge in [0.15, 0.2) is 0 Å². The number of carbonyl (C=O) groups is 3. The summed E-state index contributed by atoms with van der Waals surface area (Å²) in [6.07, 6.45) is 1.60. The first-order valence-electron chi connectivity index (χ1n) is 13.0. The molecule has 0 saturated carbocycles. The third-order valence-corrected chi connectivity index (χ3v) is 8.54. The standard InChI is InChI=1S/C32H21N3O6/c36-29-27-26-18-9-1-4-12-21(18)32(22-13-5-2-10-19(22)26,17-33-23-14-6-3-11-20(23)31(38)39)28(27)30(37)34(29)24-15-7-8-16-25(24)35(40)41/h1-17,26-28H,(H,38,39)/t26?,27-,28-,32?/m1/s1. The van der Waals surface area contributed by atoms with E-state index in [-0.39, 0.29) is 22.6 Å². The molecule has 0 spiro atoms. The monoisotopic (exact) mass is 543 g/mol. The molecule has 1 N–H and O–H groups in total. The van der Waals surface area contributed by atoms with E-state index in [2.05, 4.69) is 4.99 Å². The number of imide groups is 1. The Balaban J connectivity index is 1.51. The minimum Gasteiger partial charge on any atom is -0.478 e. The Hall–Kier alpha value is -5.44. The molecule has 9 heteroatoms. The summed E-state index contributed by atoms with van der Waals surface area (Å²) < 4.78 is 0. The van der Waals surface area contributed by atoms with Gasteiger partial charge in [0.1, 0.15) is 5.69 Å². The molecule has 41 heavy (non-hydrogen) atoms. The van der Waals surface area contributed by atoms with Crippen LogP contribution in [0.5, 0.6) is 0 Å². The molecule has 2 bridgehead atoms. The molecule has 2 amide bonds. The molecule has 9 nitrogen and oxygen atoms in total. The minimum atomic E-state index is -1.23. The molecular formula is C32H21N3O6. The van der Waals surface area contributed by atoms with Crippen LogP contribution in [0.1, 0.15) is 38.5 Å². The van der Waals surface area contributed by atoms with E-state index in [0.29, 0.717) is 0 Å². The van der Waals surface area contributed by atoms with E-state index >= 15 is 0 Å². The number of nitrogens with zero attached hydrogens (tertiary/aromatic N) is 3. The maximum atomic E-state index is 14.5. The highest BCUT2D eigenvalue weighted by molar-refractivity contribution is 6.25. The Kier molecular flexibility index (Phi) is 5.27. The first-order chi connectivity index (χ1) is 19.9. The first kappa shape index (κ1) is 24.6. The number of carbonyl (C=O) groups excluding carboxylic acids is 2. The lowest BCUT2D eigenvalue weighted by Crippen LogP contribution is -2.54. The topological polar surface area (TPSA) is 130 Å². The second-order valence-electron chi connectivity index (χ2n) is 10.4. The number of aliphatic imine (C=N–C) groups is 1. The summed E-state index contributed by atoms with van der Waals surface area (Å²) >= 11 is 0. The average Bonchev–Trinajstić information content (AvgIpc) is 3.26. The third-order valence-electron chi connectivity index (χ3n) is 8.54. The Bertz CT molecular complexity index is 1800. The molecule has 0 aromatic heterocycles. The lowest BCUT2D eigenvalue weighted by molar-refractivity contribution is -0.384. The molecule has 0 unspecified atom stereocenters. The second kappa shape index (κ2) is 8.79. The smallest absolute Gasteiger partial charge is 0.337 e. The summed E-state index contributed by atoms with van der Waals surface area (Å²) in [6, 6.07) is 27.2. The van der Waals surface area contributed by atoms with Crippen molar-refractivity contribution in [3.05, 3.63) is 135 Å². The van der Waals surface area contributed by atoms with Crippen LogP contribution in [-0.2, 0) is 15.0 Å². The second-order valence-corrected chi connectivity index (χ2v) is 10.4. The highest BCUT2D eigenvalue weighted by Crippen LogP contribution is 2.64. The van der Waals surface area contributed by atoms with Gasteiger partial charge in [-0.2, -0.15) is 0 Å². The quantitative estimate of drug-likeness (QED) is 0.158. The van der Waals surface area contributed by atoms with Gasteiger partial charge in [0.2, 0.25) is 11.8 Å². The largest absolute Gasteiger partial charge is 0.478 e. The third kappa shape index (κ3) is 3.23. The zero-order valence-corrected chi connectivity index (χ0v) is 21.4. The highest BCUT2D eigenvalue weighted by atomic mass is 16.6. The fraction of sp³-hybridized carbons (Fsp3) is 0.125. The maximum Gasteiger partial charge on any atom is 0.337 e. The van der Waals surface area contributed by atoms with Crippen molar-refractivity contribution in [1.82, 2.24) is 0 Å². The van der Waals surface area contributed by atoms with E-state index in [1.54, 1.807) is 30.5 Å². The van der Waals surface area contributed by atoms with E-state index < -0.39 is 45.9 Å². The summed E-state index contributed by atoms with van der Waals surface area (Å²) in [5, 5.41) is 21.7. The number of anilines is 1. The fourth-order valence-corrected chi connectivity index (χ4v) is 7.03. The molecule has 4 aromatic carbocycles. The van der Waals surface area contributed by atoms with E-state index in [1.165, 1.54) is 24.3 Å². The number of hydrogen-bond donors (Lipinski definition) is 1. The number of hydrogen-bond acceptors (Lipinski definition) is 6. The van der Waals surface area contributed by atoms with E-state index in [4.69, 9.17) is 0 Å². The highest BCUT2D eigenvalue weighted by Gasteiger charge is 2.68. The number of para-hydroxylation sites is 3. The van der Waals surface area contributed by atoms with Crippen LogP contribution >= 0.6 is 0 Å². The zero-order valence-electron chi connectivity index (χ0n) is 21.4. The molecule has 8 rings (SSSR count). The van der Waals surface area contributed by atoms with Gasteiger partial charge in [0, 0.05) is 18.2 Å². The molecule has 0 radical (unpaired) electrons. The molecule has 200 valence electrons. The molecule has 1 heterocycles. The molecule has 4 aromatic rings. The number of rotatable bonds is 5. The number of nitro groups is 1. The van der Waals surface area contributed by atoms with Crippen LogP contribution < -0.4 is 4.90 Å². The lowest BCUT2D eigenvalue weighted by Gasteiger charge is -2.52. The Morgan fingerprint density at radius 3 is 2.10 bits per heavy atom. The minimum absolute atomic E-state index is 0.00173. The molecule has 3 aliphatic carbocycles. The number of aromatic carboxylic acids is 1. The maximum absolute atomic E-state index is 14.5. The van der Waals surface area contributed by atoms with Crippen molar-refractivity contribution in [1.29, 1.82) is 0 Å². The van der Waals surface area contributed by atoms with Crippen LogP contribution in [0.3, 0.4) is 0 Å². The van der Waals surface area contributed by atoms with Gasteiger partial charge in [0.25, 0.3) is 5.69 Å². The lowest BCUT2D eigenvalue weighted by atomic mass is 9.47. The van der Waals surface area contributed by atoms with Crippen molar-refractivity contribution in [2.75, 3.05) is 4.90 Å². The Morgan fingerprint density at radius 1 is 0.854 bits per heavy atom. The van der Waals surface area contributed by atoms with Crippen molar-refractivity contribution in [2.45, 2.75) is 11.3 Å². The predicted molar refractivity (Wildman–Crippen MR) is 150 cm³/mol. The fourth-order valence-electron chi connectivity index (χ4n) is 7.03. The molecule has 1 saturated heterocycles.